The first-order chi connectivity index (χ1) is 15.6. The van der Waals surface area contributed by atoms with Crippen LogP contribution in [0, 0.1) is 16.7 Å². The Morgan fingerprint density at radius 2 is 1.61 bits per heavy atom. The fourth-order valence-corrected chi connectivity index (χ4v) is 8.56. The van der Waals surface area contributed by atoms with Crippen molar-refractivity contribution in [2.24, 2.45) is 16.7 Å². The molecule has 2 atom stereocenters. The molecule has 2 unspecified atom stereocenters. The highest BCUT2D eigenvalue weighted by atomic mass is 35.5. The second-order valence-electron chi connectivity index (χ2n) is 11.4. The lowest BCUT2D eigenvalue weighted by Crippen LogP contribution is -2.63. The summed E-state index contributed by atoms with van der Waals surface area (Å²) in [6.07, 6.45) is 8.01. The van der Waals surface area contributed by atoms with E-state index in [1.807, 2.05) is 18.2 Å². The van der Waals surface area contributed by atoms with Crippen molar-refractivity contribution in [3.8, 4) is 11.5 Å². The lowest BCUT2D eigenvalue weighted by Gasteiger charge is -2.65. The summed E-state index contributed by atoms with van der Waals surface area (Å²) in [5.41, 5.74) is 3.03. The van der Waals surface area contributed by atoms with Crippen LogP contribution in [0.4, 0.5) is 0 Å². The van der Waals surface area contributed by atoms with Crippen LogP contribution in [0.15, 0.2) is 30.3 Å². The van der Waals surface area contributed by atoms with Crippen LogP contribution in [-0.2, 0) is 13.2 Å². The van der Waals surface area contributed by atoms with Crippen molar-refractivity contribution in [1.82, 2.24) is 5.32 Å². The minimum atomic E-state index is 0.216. The van der Waals surface area contributed by atoms with Gasteiger partial charge in [0.1, 0.15) is 6.61 Å². The van der Waals surface area contributed by atoms with E-state index in [9.17, 15) is 0 Å². The maximum absolute atomic E-state index is 6.66. The fourth-order valence-electron chi connectivity index (χ4n) is 7.76. The molecule has 0 radical (unpaired) electrons. The van der Waals surface area contributed by atoms with Crippen molar-refractivity contribution >= 4 is 34.8 Å². The van der Waals surface area contributed by atoms with Crippen molar-refractivity contribution in [2.75, 3.05) is 7.11 Å². The third-order valence-electron chi connectivity index (χ3n) is 8.01. The Morgan fingerprint density at radius 3 is 2.21 bits per heavy atom. The Labute approximate surface area is 212 Å². The van der Waals surface area contributed by atoms with E-state index >= 15 is 0 Å². The zero-order valence-corrected chi connectivity index (χ0v) is 21.8. The Morgan fingerprint density at radius 1 is 0.939 bits per heavy atom. The molecule has 6 heteroatoms. The molecule has 4 fully saturated rings. The van der Waals surface area contributed by atoms with Crippen LogP contribution < -0.4 is 14.8 Å². The van der Waals surface area contributed by atoms with Crippen LogP contribution in [0.25, 0.3) is 0 Å². The van der Waals surface area contributed by atoms with E-state index in [0.29, 0.717) is 37.4 Å². The van der Waals surface area contributed by atoms with E-state index in [1.54, 1.807) is 19.2 Å². The topological polar surface area (TPSA) is 30.5 Å². The summed E-state index contributed by atoms with van der Waals surface area (Å²) in [6.45, 7) is 5.99. The first-order valence-corrected chi connectivity index (χ1v) is 12.9. The van der Waals surface area contributed by atoms with Gasteiger partial charge in [-0.25, -0.2) is 0 Å². The van der Waals surface area contributed by atoms with E-state index in [4.69, 9.17) is 44.3 Å². The molecule has 0 spiro atoms. The van der Waals surface area contributed by atoms with Gasteiger partial charge in [-0.05, 0) is 85.1 Å². The molecule has 4 aliphatic rings. The smallest absolute Gasteiger partial charge is 0.180 e. The first kappa shape index (κ1) is 23.6. The molecule has 0 aliphatic heterocycles. The summed E-state index contributed by atoms with van der Waals surface area (Å²) >= 11 is 19.2. The lowest BCUT2D eigenvalue weighted by molar-refractivity contribution is -0.118. The van der Waals surface area contributed by atoms with Crippen molar-refractivity contribution in [3.63, 3.8) is 0 Å². The van der Waals surface area contributed by atoms with Gasteiger partial charge in [-0.2, -0.15) is 0 Å². The molecule has 1 N–H and O–H groups in total. The largest absolute Gasteiger partial charge is 0.493 e. The Hall–Kier alpha value is -1.13. The fraction of sp³-hybridized carbons (Fsp3) is 0.556. The molecule has 4 bridgehead atoms. The number of rotatable bonds is 7. The molecule has 4 saturated carbocycles. The minimum Gasteiger partial charge on any atom is -0.493 e. The van der Waals surface area contributed by atoms with Crippen molar-refractivity contribution in [3.05, 3.63) is 56.5 Å². The third-order valence-corrected chi connectivity index (χ3v) is 8.99. The average Bonchev–Trinajstić information content (AvgIpc) is 2.70. The summed E-state index contributed by atoms with van der Waals surface area (Å²) in [4.78, 5) is 0. The zero-order chi connectivity index (χ0) is 23.4. The minimum absolute atomic E-state index is 0.216. The van der Waals surface area contributed by atoms with Gasteiger partial charge in [-0.1, -0.05) is 54.7 Å². The van der Waals surface area contributed by atoms with Crippen LogP contribution >= 0.6 is 34.8 Å². The van der Waals surface area contributed by atoms with Crippen molar-refractivity contribution in [2.45, 2.75) is 71.1 Å². The standard InChI is InChI=1S/C27H32Cl3NO2/c1-25-9-18-10-26(2,14-25)16-27(11-18,15-25)31-12-17-7-22(30)24(23(8-17)32-3)33-13-19-20(28)5-4-6-21(19)29/h4-8,18,31H,9-16H2,1-3H3. The zero-order valence-electron chi connectivity index (χ0n) is 19.6. The maximum atomic E-state index is 6.66. The summed E-state index contributed by atoms with van der Waals surface area (Å²) < 4.78 is 11.7. The highest BCUT2D eigenvalue weighted by molar-refractivity contribution is 6.36. The molecule has 3 nitrogen and oxygen atoms in total. The number of methoxy groups -OCH3 is 1. The molecule has 33 heavy (non-hydrogen) atoms. The summed E-state index contributed by atoms with van der Waals surface area (Å²) in [5, 5.41) is 5.63. The van der Waals surface area contributed by atoms with Gasteiger partial charge in [0.25, 0.3) is 0 Å². The van der Waals surface area contributed by atoms with E-state index < -0.39 is 0 Å². The Kier molecular flexibility index (Phi) is 6.09. The van der Waals surface area contributed by atoms with Gasteiger partial charge in [0, 0.05) is 27.7 Å². The molecule has 0 heterocycles. The van der Waals surface area contributed by atoms with E-state index in [2.05, 4.69) is 19.2 Å². The molecule has 2 aromatic carbocycles. The molecule has 6 rings (SSSR count). The van der Waals surface area contributed by atoms with Gasteiger partial charge >= 0.3 is 0 Å². The van der Waals surface area contributed by atoms with Gasteiger partial charge in [0.2, 0.25) is 0 Å². The molecule has 0 amide bonds. The Bertz CT molecular complexity index is 1030. The van der Waals surface area contributed by atoms with Gasteiger partial charge in [-0.15, -0.1) is 0 Å². The molecule has 0 saturated heterocycles. The highest BCUT2D eigenvalue weighted by Crippen LogP contribution is 2.66. The summed E-state index contributed by atoms with van der Waals surface area (Å²) in [7, 11) is 1.64. The molecule has 2 aromatic rings. The normalized spacial score (nSPS) is 32.2. The van der Waals surface area contributed by atoms with Crippen LogP contribution in [0.3, 0.4) is 0 Å². The molecule has 0 aromatic heterocycles. The summed E-state index contributed by atoms with van der Waals surface area (Å²) in [5.74, 6) is 1.98. The van der Waals surface area contributed by atoms with Crippen LogP contribution in [-0.4, -0.2) is 12.6 Å². The molecular formula is C27H32Cl3NO2. The maximum Gasteiger partial charge on any atom is 0.180 e. The van der Waals surface area contributed by atoms with E-state index in [-0.39, 0.29) is 12.1 Å². The number of ether oxygens (including phenoxy) is 2. The highest BCUT2D eigenvalue weighted by Gasteiger charge is 2.59. The summed E-state index contributed by atoms with van der Waals surface area (Å²) in [6, 6.07) is 9.40. The molecule has 4 aliphatic carbocycles. The predicted octanol–water partition coefficient (Wildman–Crippen LogP) is 8.07. The monoisotopic (exact) mass is 507 g/mol. The van der Waals surface area contributed by atoms with Crippen LogP contribution in [0.5, 0.6) is 11.5 Å². The number of halogens is 3. The van der Waals surface area contributed by atoms with Gasteiger partial charge in [-0.3, -0.25) is 0 Å². The average molecular weight is 509 g/mol. The predicted molar refractivity (Wildman–Crippen MR) is 136 cm³/mol. The SMILES string of the molecule is COc1cc(CNC23CC4CC(C)(CC(C)(C4)C2)C3)cc(Cl)c1OCc1c(Cl)cccc1Cl. The Balaban J connectivity index is 1.32. The van der Waals surface area contributed by atoms with E-state index in [0.717, 1.165) is 23.6 Å². The molecular weight excluding hydrogens is 477 g/mol. The molecule has 178 valence electrons. The van der Waals surface area contributed by atoms with Gasteiger partial charge < -0.3 is 14.8 Å². The third kappa shape index (κ3) is 4.59. The van der Waals surface area contributed by atoms with Crippen molar-refractivity contribution < 1.29 is 9.47 Å². The number of hydrogen-bond donors (Lipinski definition) is 1. The number of nitrogens with one attached hydrogen (secondary N) is 1. The van der Waals surface area contributed by atoms with Crippen molar-refractivity contribution in [1.29, 1.82) is 0 Å². The lowest BCUT2D eigenvalue weighted by atomic mass is 9.43. The second kappa shape index (κ2) is 8.52. The van der Waals surface area contributed by atoms with E-state index in [1.165, 1.54) is 38.5 Å². The second-order valence-corrected chi connectivity index (χ2v) is 12.6. The quantitative estimate of drug-likeness (QED) is 0.410. The van der Waals surface area contributed by atoms with Crippen LogP contribution in [0.1, 0.15) is 63.5 Å². The van der Waals surface area contributed by atoms with Gasteiger partial charge in [0.05, 0.1) is 12.1 Å². The van der Waals surface area contributed by atoms with Crippen LogP contribution in [0.2, 0.25) is 15.1 Å². The number of hydrogen-bond acceptors (Lipinski definition) is 3. The number of benzene rings is 2. The first-order valence-electron chi connectivity index (χ1n) is 11.8. The van der Waals surface area contributed by atoms with Gasteiger partial charge in [0.15, 0.2) is 11.5 Å².